The predicted molar refractivity (Wildman–Crippen MR) is 123 cm³/mol. The standard InChI is InChI=1S/C26H25FN4O2/c27-20-10-8-18(9-11-20)22-15-23(29-17-28-22)31-14-13-26(25(31)33)12-4-7-21(16-26)30-24(32)19-5-2-1-3-6-19/h1-3,5-6,8-11,15,17,21H,4,7,12-14,16H2,(H,30,32). The third kappa shape index (κ3) is 4.23. The lowest BCUT2D eigenvalue weighted by Gasteiger charge is -2.36. The lowest BCUT2D eigenvalue weighted by Crippen LogP contribution is -2.46. The van der Waals surface area contributed by atoms with Gasteiger partial charge < -0.3 is 5.32 Å². The monoisotopic (exact) mass is 444 g/mol. The van der Waals surface area contributed by atoms with Crippen LogP contribution in [0.1, 0.15) is 42.5 Å². The molecule has 2 heterocycles. The summed E-state index contributed by atoms with van der Waals surface area (Å²) in [5.74, 6) is 0.210. The molecule has 168 valence electrons. The summed E-state index contributed by atoms with van der Waals surface area (Å²) in [6.45, 7) is 0.581. The third-order valence-corrected chi connectivity index (χ3v) is 6.80. The number of hydrogen-bond donors (Lipinski definition) is 1. The van der Waals surface area contributed by atoms with Gasteiger partial charge in [0.05, 0.1) is 11.1 Å². The lowest BCUT2D eigenvalue weighted by atomic mass is 9.71. The van der Waals surface area contributed by atoms with Crippen LogP contribution < -0.4 is 10.2 Å². The third-order valence-electron chi connectivity index (χ3n) is 6.80. The molecule has 2 unspecified atom stereocenters. The van der Waals surface area contributed by atoms with E-state index in [1.165, 1.54) is 18.5 Å². The Bertz CT molecular complexity index is 1170. The summed E-state index contributed by atoms with van der Waals surface area (Å²) in [6, 6.07) is 17.0. The van der Waals surface area contributed by atoms with Gasteiger partial charge in [-0.25, -0.2) is 14.4 Å². The number of carbonyl (C=O) groups is 2. The minimum absolute atomic E-state index is 0.0319. The molecule has 1 saturated heterocycles. The Morgan fingerprint density at radius 3 is 2.64 bits per heavy atom. The van der Waals surface area contributed by atoms with Crippen molar-refractivity contribution in [3.63, 3.8) is 0 Å². The van der Waals surface area contributed by atoms with Gasteiger partial charge in [-0.2, -0.15) is 0 Å². The van der Waals surface area contributed by atoms with E-state index in [0.717, 1.165) is 31.2 Å². The Kier molecular flexibility index (Phi) is 5.62. The summed E-state index contributed by atoms with van der Waals surface area (Å²) in [4.78, 5) is 36.6. The van der Waals surface area contributed by atoms with Crippen molar-refractivity contribution in [3.8, 4) is 11.3 Å². The topological polar surface area (TPSA) is 75.2 Å². The van der Waals surface area contributed by atoms with Gasteiger partial charge in [-0.05, 0) is 62.1 Å². The number of rotatable bonds is 4. The molecule has 3 aromatic rings. The number of hydrogen-bond acceptors (Lipinski definition) is 4. The summed E-state index contributed by atoms with van der Waals surface area (Å²) in [5, 5.41) is 3.13. The number of aromatic nitrogens is 2. The fourth-order valence-electron chi connectivity index (χ4n) is 5.08. The van der Waals surface area contributed by atoms with E-state index in [0.29, 0.717) is 30.0 Å². The number of halogens is 1. The first-order valence-corrected chi connectivity index (χ1v) is 11.3. The van der Waals surface area contributed by atoms with E-state index in [1.54, 1.807) is 35.2 Å². The van der Waals surface area contributed by atoms with E-state index in [9.17, 15) is 14.0 Å². The van der Waals surface area contributed by atoms with Crippen LogP contribution in [0.15, 0.2) is 67.0 Å². The number of nitrogens with one attached hydrogen (secondary N) is 1. The zero-order chi connectivity index (χ0) is 22.8. The van der Waals surface area contributed by atoms with Gasteiger partial charge in [0.15, 0.2) is 0 Å². The molecule has 5 rings (SSSR count). The summed E-state index contributed by atoms with van der Waals surface area (Å²) < 4.78 is 13.3. The fourth-order valence-corrected chi connectivity index (χ4v) is 5.08. The molecule has 2 atom stereocenters. The second-order valence-corrected chi connectivity index (χ2v) is 8.89. The first-order chi connectivity index (χ1) is 16.0. The van der Waals surface area contributed by atoms with Gasteiger partial charge in [-0.15, -0.1) is 0 Å². The molecule has 33 heavy (non-hydrogen) atoms. The van der Waals surface area contributed by atoms with E-state index in [-0.39, 0.29) is 23.7 Å². The van der Waals surface area contributed by atoms with Crippen LogP contribution in [-0.4, -0.2) is 34.4 Å². The summed E-state index contributed by atoms with van der Waals surface area (Å²) in [7, 11) is 0. The van der Waals surface area contributed by atoms with Crippen molar-refractivity contribution in [1.82, 2.24) is 15.3 Å². The molecule has 2 aromatic carbocycles. The minimum Gasteiger partial charge on any atom is -0.349 e. The molecule has 0 radical (unpaired) electrons. The predicted octanol–water partition coefficient (Wildman–Crippen LogP) is 4.38. The van der Waals surface area contributed by atoms with Gasteiger partial charge in [0.1, 0.15) is 18.0 Å². The Hall–Kier alpha value is -3.61. The van der Waals surface area contributed by atoms with Crippen LogP contribution in [0.4, 0.5) is 10.2 Å². The first kappa shape index (κ1) is 21.2. The van der Waals surface area contributed by atoms with Gasteiger partial charge in [-0.1, -0.05) is 24.6 Å². The number of benzene rings is 2. The van der Waals surface area contributed by atoms with Crippen LogP contribution in [0.5, 0.6) is 0 Å². The molecule has 7 heteroatoms. The lowest BCUT2D eigenvalue weighted by molar-refractivity contribution is -0.127. The fraction of sp³-hybridized carbons (Fsp3) is 0.308. The minimum atomic E-state index is -0.478. The molecular formula is C26H25FN4O2. The Balaban J connectivity index is 1.32. The van der Waals surface area contributed by atoms with Crippen molar-refractivity contribution >= 4 is 17.6 Å². The Morgan fingerprint density at radius 1 is 1.06 bits per heavy atom. The molecule has 1 aromatic heterocycles. The molecule has 1 N–H and O–H groups in total. The summed E-state index contributed by atoms with van der Waals surface area (Å²) in [6.07, 6.45) is 5.39. The maximum atomic E-state index is 13.6. The maximum Gasteiger partial charge on any atom is 0.251 e. The summed E-state index contributed by atoms with van der Waals surface area (Å²) >= 11 is 0. The Morgan fingerprint density at radius 2 is 1.85 bits per heavy atom. The van der Waals surface area contributed by atoms with Crippen LogP contribution >= 0.6 is 0 Å². The van der Waals surface area contributed by atoms with E-state index in [2.05, 4.69) is 15.3 Å². The maximum absolute atomic E-state index is 13.6. The largest absolute Gasteiger partial charge is 0.349 e. The van der Waals surface area contributed by atoms with Crippen LogP contribution in [0.3, 0.4) is 0 Å². The van der Waals surface area contributed by atoms with E-state index < -0.39 is 5.41 Å². The number of anilines is 1. The van der Waals surface area contributed by atoms with Gasteiger partial charge in [0.2, 0.25) is 5.91 Å². The molecule has 0 bridgehead atoms. The van der Waals surface area contributed by atoms with Crippen molar-refractivity contribution in [2.24, 2.45) is 5.41 Å². The van der Waals surface area contributed by atoms with E-state index in [1.807, 2.05) is 18.2 Å². The van der Waals surface area contributed by atoms with Crippen molar-refractivity contribution in [2.45, 2.75) is 38.1 Å². The van der Waals surface area contributed by atoms with E-state index in [4.69, 9.17) is 0 Å². The Labute approximate surface area is 191 Å². The quantitative estimate of drug-likeness (QED) is 0.648. The van der Waals surface area contributed by atoms with E-state index >= 15 is 0 Å². The molecule has 1 aliphatic carbocycles. The molecule has 2 fully saturated rings. The van der Waals surface area contributed by atoms with Gasteiger partial charge >= 0.3 is 0 Å². The van der Waals surface area contributed by atoms with Crippen molar-refractivity contribution in [3.05, 3.63) is 78.4 Å². The highest BCUT2D eigenvalue weighted by atomic mass is 19.1. The zero-order valence-electron chi connectivity index (χ0n) is 18.2. The van der Waals surface area contributed by atoms with Crippen LogP contribution in [0.25, 0.3) is 11.3 Å². The highest BCUT2D eigenvalue weighted by Gasteiger charge is 2.50. The molecule has 1 saturated carbocycles. The average Bonchev–Trinajstić information content (AvgIpc) is 3.15. The highest BCUT2D eigenvalue weighted by molar-refractivity contribution is 6.00. The zero-order valence-corrected chi connectivity index (χ0v) is 18.2. The van der Waals surface area contributed by atoms with Crippen LogP contribution in [0.2, 0.25) is 0 Å². The molecule has 1 spiro atoms. The highest BCUT2D eigenvalue weighted by Crippen LogP contribution is 2.46. The molecule has 2 amide bonds. The van der Waals surface area contributed by atoms with Crippen LogP contribution in [-0.2, 0) is 4.79 Å². The molecule has 1 aliphatic heterocycles. The first-order valence-electron chi connectivity index (χ1n) is 11.3. The molecule has 6 nitrogen and oxygen atoms in total. The van der Waals surface area contributed by atoms with Crippen molar-refractivity contribution in [1.29, 1.82) is 0 Å². The normalized spacial score (nSPS) is 22.5. The number of nitrogens with zero attached hydrogens (tertiary/aromatic N) is 3. The SMILES string of the molecule is O=C(NC1CCCC2(CCN(c3cc(-c4ccc(F)cc4)ncn3)C2=O)C1)c1ccccc1. The van der Waals surface area contributed by atoms with Crippen molar-refractivity contribution < 1.29 is 14.0 Å². The molecule has 2 aliphatic rings. The van der Waals surface area contributed by atoms with Gasteiger partial charge in [0.25, 0.3) is 5.91 Å². The van der Waals surface area contributed by atoms with Crippen LogP contribution in [0, 0.1) is 11.2 Å². The van der Waals surface area contributed by atoms with Gasteiger partial charge in [-0.3, -0.25) is 14.5 Å². The van der Waals surface area contributed by atoms with Crippen molar-refractivity contribution in [2.75, 3.05) is 11.4 Å². The average molecular weight is 445 g/mol. The molecular weight excluding hydrogens is 419 g/mol. The van der Waals surface area contributed by atoms with Gasteiger partial charge in [0, 0.05) is 29.8 Å². The summed E-state index contributed by atoms with van der Waals surface area (Å²) in [5.41, 5.74) is 1.56. The number of amides is 2. The smallest absolute Gasteiger partial charge is 0.251 e. The number of carbonyl (C=O) groups excluding carboxylic acids is 2. The second kappa shape index (κ2) is 8.73. The second-order valence-electron chi connectivity index (χ2n) is 8.89.